The van der Waals surface area contributed by atoms with Crippen LogP contribution in [0.5, 0.6) is 0 Å². The van der Waals surface area contributed by atoms with Gasteiger partial charge in [-0.1, -0.05) is 6.07 Å². The third-order valence-electron chi connectivity index (χ3n) is 2.80. The summed E-state index contributed by atoms with van der Waals surface area (Å²) in [7, 11) is 0. The summed E-state index contributed by atoms with van der Waals surface area (Å²) in [6.45, 7) is 7.11. The predicted octanol–water partition coefficient (Wildman–Crippen LogP) is 3.24. The number of nitriles is 1. The van der Waals surface area contributed by atoms with E-state index >= 15 is 0 Å². The Kier molecular flexibility index (Phi) is 4.45. The van der Waals surface area contributed by atoms with Crippen LogP contribution >= 0.6 is 22.6 Å². The van der Waals surface area contributed by atoms with Crippen LogP contribution in [0.25, 0.3) is 5.69 Å². The molecular weight excluding hydrogens is 363 g/mol. The molecule has 4 nitrogen and oxygen atoms in total. The monoisotopic (exact) mass is 380 g/mol. The first kappa shape index (κ1) is 15.0. The second-order valence-electron chi connectivity index (χ2n) is 5.67. The zero-order valence-corrected chi connectivity index (χ0v) is 14.0. The molecule has 0 unspecified atom stereocenters. The van der Waals surface area contributed by atoms with Crippen molar-refractivity contribution in [3.05, 3.63) is 45.3 Å². The lowest BCUT2D eigenvalue weighted by molar-refractivity contribution is 0.424. The van der Waals surface area contributed by atoms with Gasteiger partial charge >= 0.3 is 0 Å². The van der Waals surface area contributed by atoms with Crippen molar-refractivity contribution in [2.75, 3.05) is 0 Å². The van der Waals surface area contributed by atoms with Gasteiger partial charge in [-0.05, 0) is 61.1 Å². The molecule has 0 fully saturated rings. The standard InChI is InChI=1S/C15H17IN4/c1-15(2,3)18-8-11-4-5-14(12(6-11)7-17)20-10-13(16)9-19-20/h4-6,9-10,18H,8H2,1-3H3. The molecule has 1 aromatic heterocycles. The summed E-state index contributed by atoms with van der Waals surface area (Å²) >= 11 is 2.20. The molecule has 0 spiro atoms. The van der Waals surface area contributed by atoms with Crippen molar-refractivity contribution in [2.45, 2.75) is 32.9 Å². The van der Waals surface area contributed by atoms with E-state index in [0.29, 0.717) is 5.56 Å². The highest BCUT2D eigenvalue weighted by atomic mass is 127. The lowest BCUT2D eigenvalue weighted by atomic mass is 10.1. The van der Waals surface area contributed by atoms with Gasteiger partial charge in [-0.2, -0.15) is 10.4 Å². The molecule has 0 saturated heterocycles. The van der Waals surface area contributed by atoms with Crippen LogP contribution in [0.1, 0.15) is 31.9 Å². The summed E-state index contributed by atoms with van der Waals surface area (Å²) in [5, 5.41) is 17.0. The minimum atomic E-state index is 0.0591. The van der Waals surface area contributed by atoms with E-state index in [9.17, 15) is 5.26 Å². The van der Waals surface area contributed by atoms with Crippen molar-refractivity contribution in [3.63, 3.8) is 0 Å². The Hall–Kier alpha value is -1.39. The molecule has 1 aromatic carbocycles. The summed E-state index contributed by atoms with van der Waals surface area (Å²) in [5.41, 5.74) is 2.61. The van der Waals surface area contributed by atoms with Gasteiger partial charge in [0.25, 0.3) is 0 Å². The van der Waals surface area contributed by atoms with Crippen LogP contribution in [-0.4, -0.2) is 15.3 Å². The summed E-state index contributed by atoms with van der Waals surface area (Å²) in [6, 6.07) is 8.15. The first-order valence-electron chi connectivity index (χ1n) is 6.38. The number of halogens is 1. The normalized spacial score (nSPS) is 11.3. The molecule has 0 atom stereocenters. The van der Waals surface area contributed by atoms with Gasteiger partial charge in [-0.3, -0.25) is 0 Å². The number of hydrogen-bond acceptors (Lipinski definition) is 3. The van der Waals surface area contributed by atoms with Gasteiger partial charge in [0, 0.05) is 18.3 Å². The molecule has 2 rings (SSSR count). The first-order valence-corrected chi connectivity index (χ1v) is 7.45. The van der Waals surface area contributed by atoms with Gasteiger partial charge in [-0.25, -0.2) is 4.68 Å². The van der Waals surface area contributed by atoms with Crippen molar-refractivity contribution in [1.82, 2.24) is 15.1 Å². The molecule has 0 amide bonds. The van der Waals surface area contributed by atoms with Gasteiger partial charge in [0.15, 0.2) is 0 Å². The smallest absolute Gasteiger partial charge is 0.101 e. The summed E-state index contributed by atoms with van der Waals surface area (Å²) in [5.74, 6) is 0. The van der Waals surface area contributed by atoms with E-state index in [2.05, 4.69) is 59.8 Å². The summed E-state index contributed by atoms with van der Waals surface area (Å²) < 4.78 is 2.78. The van der Waals surface area contributed by atoms with E-state index < -0.39 is 0 Å². The minimum Gasteiger partial charge on any atom is -0.308 e. The van der Waals surface area contributed by atoms with Crippen LogP contribution in [-0.2, 0) is 6.54 Å². The van der Waals surface area contributed by atoms with E-state index in [1.165, 1.54) is 0 Å². The SMILES string of the molecule is CC(C)(C)NCc1ccc(-n2cc(I)cn2)c(C#N)c1. The predicted molar refractivity (Wildman–Crippen MR) is 87.6 cm³/mol. The molecule has 0 aliphatic rings. The molecule has 20 heavy (non-hydrogen) atoms. The number of aromatic nitrogens is 2. The number of benzene rings is 1. The fraction of sp³-hybridized carbons (Fsp3) is 0.333. The third kappa shape index (κ3) is 3.81. The second-order valence-corrected chi connectivity index (χ2v) is 6.92. The number of nitrogens with zero attached hydrogens (tertiary/aromatic N) is 3. The maximum Gasteiger partial charge on any atom is 0.101 e. The Morgan fingerprint density at radius 1 is 1.40 bits per heavy atom. The van der Waals surface area contributed by atoms with Crippen LogP contribution < -0.4 is 5.32 Å². The Morgan fingerprint density at radius 3 is 2.70 bits per heavy atom. The molecule has 0 aliphatic heterocycles. The van der Waals surface area contributed by atoms with E-state index in [1.54, 1.807) is 10.9 Å². The fourth-order valence-electron chi connectivity index (χ4n) is 1.78. The zero-order valence-electron chi connectivity index (χ0n) is 11.8. The Bertz CT molecular complexity index is 647. The summed E-state index contributed by atoms with van der Waals surface area (Å²) in [4.78, 5) is 0. The lowest BCUT2D eigenvalue weighted by Gasteiger charge is -2.20. The average Bonchev–Trinajstić information content (AvgIpc) is 2.81. The number of rotatable bonds is 3. The molecule has 104 valence electrons. The molecule has 0 radical (unpaired) electrons. The third-order valence-corrected chi connectivity index (χ3v) is 3.36. The quantitative estimate of drug-likeness (QED) is 0.832. The maximum absolute atomic E-state index is 9.33. The van der Waals surface area contributed by atoms with Crippen LogP contribution in [0, 0.1) is 14.9 Å². The van der Waals surface area contributed by atoms with Gasteiger partial charge in [0.05, 0.1) is 21.0 Å². The summed E-state index contributed by atoms with van der Waals surface area (Å²) in [6.07, 6.45) is 3.68. The molecule has 1 N–H and O–H groups in total. The first-order chi connectivity index (χ1) is 9.39. The molecule has 0 aliphatic carbocycles. The van der Waals surface area contributed by atoms with Crippen LogP contribution in [0.3, 0.4) is 0 Å². The van der Waals surface area contributed by atoms with E-state index in [-0.39, 0.29) is 5.54 Å². The minimum absolute atomic E-state index is 0.0591. The van der Waals surface area contributed by atoms with Crippen LogP contribution in [0.15, 0.2) is 30.6 Å². The van der Waals surface area contributed by atoms with Crippen LogP contribution in [0.2, 0.25) is 0 Å². The maximum atomic E-state index is 9.33. The van der Waals surface area contributed by atoms with E-state index in [4.69, 9.17) is 0 Å². The molecule has 0 bridgehead atoms. The molecule has 5 heteroatoms. The number of nitrogens with one attached hydrogen (secondary N) is 1. The average molecular weight is 380 g/mol. The molecule has 1 heterocycles. The van der Waals surface area contributed by atoms with Crippen molar-refractivity contribution in [1.29, 1.82) is 5.26 Å². The highest BCUT2D eigenvalue weighted by Crippen LogP contribution is 2.17. The molecular formula is C15H17IN4. The number of hydrogen-bond donors (Lipinski definition) is 1. The van der Waals surface area contributed by atoms with Crippen molar-refractivity contribution in [3.8, 4) is 11.8 Å². The largest absolute Gasteiger partial charge is 0.308 e. The van der Waals surface area contributed by atoms with Crippen LogP contribution in [0.4, 0.5) is 0 Å². The van der Waals surface area contributed by atoms with Gasteiger partial charge < -0.3 is 5.32 Å². The Labute approximate surface area is 132 Å². The van der Waals surface area contributed by atoms with Crippen molar-refractivity contribution >= 4 is 22.6 Å². The fourth-order valence-corrected chi connectivity index (χ4v) is 2.17. The van der Waals surface area contributed by atoms with Gasteiger partial charge in [0.1, 0.15) is 6.07 Å². The molecule has 0 saturated carbocycles. The zero-order chi connectivity index (χ0) is 14.8. The molecule has 2 aromatic rings. The van der Waals surface area contributed by atoms with Crippen molar-refractivity contribution in [2.24, 2.45) is 0 Å². The highest BCUT2D eigenvalue weighted by Gasteiger charge is 2.11. The topological polar surface area (TPSA) is 53.6 Å². The van der Waals surface area contributed by atoms with Gasteiger partial charge in [0.2, 0.25) is 0 Å². The van der Waals surface area contributed by atoms with E-state index in [0.717, 1.165) is 21.4 Å². The van der Waals surface area contributed by atoms with E-state index in [1.807, 2.05) is 24.4 Å². The van der Waals surface area contributed by atoms with Gasteiger partial charge in [-0.15, -0.1) is 0 Å². The Balaban J connectivity index is 2.27. The Morgan fingerprint density at radius 2 is 2.15 bits per heavy atom. The lowest BCUT2D eigenvalue weighted by Crippen LogP contribution is -2.35. The van der Waals surface area contributed by atoms with Crippen molar-refractivity contribution < 1.29 is 0 Å². The second kappa shape index (κ2) is 5.94. The highest BCUT2D eigenvalue weighted by molar-refractivity contribution is 14.1.